The number of ether oxygens (including phenoxy) is 2. The molecule has 1 aliphatic rings. The van der Waals surface area contributed by atoms with Gasteiger partial charge in [-0.05, 0) is 61.6 Å². The van der Waals surface area contributed by atoms with Crippen LogP contribution in [-0.2, 0) is 20.7 Å². The van der Waals surface area contributed by atoms with Crippen LogP contribution in [0.15, 0.2) is 48.2 Å². The molecule has 0 amide bonds. The van der Waals surface area contributed by atoms with Gasteiger partial charge < -0.3 is 14.6 Å². The second kappa shape index (κ2) is 7.73. The maximum atomic E-state index is 13.3. The maximum absolute atomic E-state index is 13.3. The molecule has 0 fully saturated rings. The van der Waals surface area contributed by atoms with E-state index in [0.29, 0.717) is 12.0 Å². The highest BCUT2D eigenvalue weighted by molar-refractivity contribution is 6.26. The summed E-state index contributed by atoms with van der Waals surface area (Å²) in [5.41, 5.74) is 1.44. The van der Waals surface area contributed by atoms with E-state index < -0.39 is 11.2 Å². The van der Waals surface area contributed by atoms with Crippen LogP contribution in [-0.4, -0.2) is 35.8 Å². The number of hydrogen-bond donors (Lipinski definition) is 1. The van der Waals surface area contributed by atoms with Gasteiger partial charge in [-0.3, -0.25) is 4.79 Å². The molecule has 0 aromatic heterocycles. The minimum absolute atomic E-state index is 0.118. The normalized spacial score (nSPS) is 21.5. The number of carbonyl (C=O) groups excluding carboxylic acids is 1. The van der Waals surface area contributed by atoms with Crippen molar-refractivity contribution in [2.75, 3.05) is 13.7 Å². The molecule has 5 heteroatoms. The highest BCUT2D eigenvalue weighted by Gasteiger charge is 2.49. The molecule has 0 radical (unpaired) electrons. The second-order valence-electron chi connectivity index (χ2n) is 8.06. The molecular formula is C24H27FO4. The molecule has 0 spiro atoms. The van der Waals surface area contributed by atoms with Gasteiger partial charge in [-0.15, -0.1) is 0 Å². The Morgan fingerprint density at radius 3 is 2.28 bits per heavy atom. The molecule has 154 valence electrons. The molecule has 29 heavy (non-hydrogen) atoms. The smallest absolute Gasteiger partial charge is 0.198 e. The molecule has 2 aromatic carbocycles. The molecule has 2 aromatic rings. The maximum Gasteiger partial charge on any atom is 0.198 e. The quantitative estimate of drug-likeness (QED) is 0.761. The van der Waals surface area contributed by atoms with Crippen LogP contribution in [0.2, 0.25) is 0 Å². The van der Waals surface area contributed by atoms with E-state index >= 15 is 0 Å². The lowest BCUT2D eigenvalue weighted by molar-refractivity contribution is -0.171. The zero-order valence-corrected chi connectivity index (χ0v) is 17.5. The van der Waals surface area contributed by atoms with E-state index in [0.717, 1.165) is 16.7 Å². The summed E-state index contributed by atoms with van der Waals surface area (Å²) >= 11 is 0. The number of carbonyl (C=O) groups is 1. The molecule has 3 rings (SSSR count). The average Bonchev–Trinajstić information content (AvgIpc) is 2.67. The average molecular weight is 398 g/mol. The van der Waals surface area contributed by atoms with Crippen molar-refractivity contribution in [2.45, 2.75) is 45.3 Å². The second-order valence-corrected chi connectivity index (χ2v) is 8.06. The van der Waals surface area contributed by atoms with Gasteiger partial charge in [0.05, 0.1) is 12.2 Å². The van der Waals surface area contributed by atoms with E-state index in [1.54, 1.807) is 32.9 Å². The third-order valence-electron chi connectivity index (χ3n) is 5.34. The minimum atomic E-state index is -1.12. The monoisotopic (exact) mass is 398 g/mol. The zero-order valence-electron chi connectivity index (χ0n) is 17.5. The summed E-state index contributed by atoms with van der Waals surface area (Å²) in [6.07, 6.45) is 0.663. The van der Waals surface area contributed by atoms with E-state index in [2.05, 4.69) is 0 Å². The van der Waals surface area contributed by atoms with Gasteiger partial charge in [0.1, 0.15) is 22.8 Å². The van der Waals surface area contributed by atoms with E-state index in [1.807, 2.05) is 25.1 Å². The molecule has 1 heterocycles. The largest absolute Gasteiger partial charge is 0.508 e. The number of ketones is 1. The molecule has 1 aliphatic heterocycles. The van der Waals surface area contributed by atoms with Crippen LogP contribution in [0, 0.1) is 5.82 Å². The third-order valence-corrected chi connectivity index (χ3v) is 5.34. The van der Waals surface area contributed by atoms with Crippen molar-refractivity contribution in [3.8, 4) is 11.1 Å². The Hall–Kier alpha value is -2.50. The summed E-state index contributed by atoms with van der Waals surface area (Å²) in [5.74, 6) is -0.677. The van der Waals surface area contributed by atoms with E-state index in [-0.39, 0.29) is 29.5 Å². The lowest BCUT2D eigenvalue weighted by Gasteiger charge is -2.42. The van der Waals surface area contributed by atoms with Crippen molar-refractivity contribution in [1.29, 1.82) is 0 Å². The van der Waals surface area contributed by atoms with Crippen LogP contribution >= 0.6 is 0 Å². The first kappa shape index (κ1) is 21.2. The first-order chi connectivity index (χ1) is 13.6. The fraction of sp³-hybridized carbons (Fsp3) is 0.375. The Labute approximate surface area is 171 Å². The lowest BCUT2D eigenvalue weighted by atomic mass is 9.80. The van der Waals surface area contributed by atoms with Crippen molar-refractivity contribution >= 4 is 11.4 Å². The first-order valence-electron chi connectivity index (χ1n) is 9.70. The van der Waals surface area contributed by atoms with Crippen molar-refractivity contribution in [1.82, 2.24) is 0 Å². The lowest BCUT2D eigenvalue weighted by Crippen LogP contribution is -2.53. The van der Waals surface area contributed by atoms with Gasteiger partial charge in [0.25, 0.3) is 0 Å². The first-order valence-corrected chi connectivity index (χ1v) is 9.70. The molecule has 4 nitrogen and oxygen atoms in total. The Morgan fingerprint density at radius 2 is 1.69 bits per heavy atom. The summed E-state index contributed by atoms with van der Waals surface area (Å²) in [5, 5.41) is 11.0. The van der Waals surface area contributed by atoms with E-state index in [9.17, 15) is 14.3 Å². The fourth-order valence-electron chi connectivity index (χ4n) is 3.91. The molecule has 0 bridgehead atoms. The van der Waals surface area contributed by atoms with Gasteiger partial charge in [0.2, 0.25) is 0 Å². The van der Waals surface area contributed by atoms with Gasteiger partial charge in [-0.2, -0.15) is 0 Å². The van der Waals surface area contributed by atoms with Gasteiger partial charge in [0, 0.05) is 7.11 Å². The number of aliphatic hydroxyl groups is 1. The van der Waals surface area contributed by atoms with E-state index in [1.165, 1.54) is 19.2 Å². The highest BCUT2D eigenvalue weighted by atomic mass is 19.1. The standard InChI is InChI=1S/C24H27FO4/c1-6-15-13-17(16-7-10-18(25)11-8-16)9-12-19(15)20-21(26)23(2,3)29-24(4,14-28-5)22(20)27/h7-13,27H,6,14H2,1-5H3. The molecular weight excluding hydrogens is 371 g/mol. The SMILES string of the molecule is CCc1cc(-c2ccc(F)cc2)ccc1C1=C(O)C(C)(COC)OC(C)(C)C1=O. The Bertz CT molecular complexity index is 959. The topological polar surface area (TPSA) is 55.8 Å². The molecule has 1 N–H and O–H groups in total. The van der Waals surface area contributed by atoms with Gasteiger partial charge in [0.15, 0.2) is 5.78 Å². The Morgan fingerprint density at radius 1 is 1.07 bits per heavy atom. The summed E-state index contributed by atoms with van der Waals surface area (Å²) in [6.45, 7) is 7.24. The van der Waals surface area contributed by atoms with Crippen molar-refractivity contribution in [2.24, 2.45) is 0 Å². The molecule has 0 saturated heterocycles. The Kier molecular flexibility index (Phi) is 5.65. The number of aryl methyl sites for hydroxylation is 1. The molecule has 1 atom stereocenters. The van der Waals surface area contributed by atoms with Crippen molar-refractivity contribution in [3.63, 3.8) is 0 Å². The predicted molar refractivity (Wildman–Crippen MR) is 111 cm³/mol. The van der Waals surface area contributed by atoms with Gasteiger partial charge in [-0.25, -0.2) is 4.39 Å². The number of methoxy groups -OCH3 is 1. The van der Waals surface area contributed by atoms with E-state index in [4.69, 9.17) is 9.47 Å². The van der Waals surface area contributed by atoms with Crippen LogP contribution in [0.25, 0.3) is 16.7 Å². The van der Waals surface area contributed by atoms with Crippen molar-refractivity contribution < 1.29 is 23.8 Å². The summed E-state index contributed by atoms with van der Waals surface area (Å²) in [7, 11) is 1.53. The summed E-state index contributed by atoms with van der Waals surface area (Å²) in [4.78, 5) is 13.2. The minimum Gasteiger partial charge on any atom is -0.508 e. The highest BCUT2D eigenvalue weighted by Crippen LogP contribution is 2.41. The number of rotatable bonds is 5. The Balaban J connectivity index is 2.17. The molecule has 0 saturated carbocycles. The van der Waals surface area contributed by atoms with Crippen molar-refractivity contribution in [3.05, 3.63) is 65.2 Å². The zero-order chi connectivity index (χ0) is 21.4. The number of benzene rings is 2. The fourth-order valence-corrected chi connectivity index (χ4v) is 3.91. The number of hydrogen-bond acceptors (Lipinski definition) is 4. The predicted octanol–water partition coefficient (Wildman–Crippen LogP) is 5.11. The van der Waals surface area contributed by atoms with Crippen LogP contribution in [0.1, 0.15) is 38.8 Å². The number of Topliss-reactive ketones (excluding diaryl/α,β-unsaturated/α-hetero) is 1. The van der Waals surface area contributed by atoms with Crippen LogP contribution in [0.5, 0.6) is 0 Å². The van der Waals surface area contributed by atoms with Crippen LogP contribution in [0.4, 0.5) is 4.39 Å². The summed E-state index contributed by atoms with van der Waals surface area (Å²) < 4.78 is 24.4. The van der Waals surface area contributed by atoms with Gasteiger partial charge in [-0.1, -0.05) is 37.3 Å². The summed E-state index contributed by atoms with van der Waals surface area (Å²) in [6, 6.07) is 12.0. The van der Waals surface area contributed by atoms with Gasteiger partial charge >= 0.3 is 0 Å². The number of halogens is 1. The van der Waals surface area contributed by atoms with Crippen LogP contribution < -0.4 is 0 Å². The third kappa shape index (κ3) is 3.85. The number of aliphatic hydroxyl groups excluding tert-OH is 1. The van der Waals surface area contributed by atoms with Crippen LogP contribution in [0.3, 0.4) is 0 Å². The molecule has 1 unspecified atom stereocenters. The molecule has 0 aliphatic carbocycles.